The van der Waals surface area contributed by atoms with Crippen molar-refractivity contribution in [3.63, 3.8) is 0 Å². The Morgan fingerprint density at radius 1 is 1.23 bits per heavy atom. The third-order valence-corrected chi connectivity index (χ3v) is 5.15. The van der Waals surface area contributed by atoms with Crippen molar-refractivity contribution < 1.29 is 14.3 Å². The first-order valence-electron chi connectivity index (χ1n) is 10.8. The molecule has 2 unspecified atom stereocenters. The molecule has 0 saturated carbocycles. The highest BCUT2D eigenvalue weighted by Crippen LogP contribution is 2.24. The molecule has 2 aromatic rings. The zero-order valence-electron chi connectivity index (χ0n) is 18.0. The summed E-state index contributed by atoms with van der Waals surface area (Å²) in [6, 6.07) is 11.9. The van der Waals surface area contributed by atoms with Crippen molar-refractivity contribution in [2.24, 2.45) is 4.99 Å². The number of aliphatic hydroxyl groups excluding tert-OH is 1. The third-order valence-electron chi connectivity index (χ3n) is 5.15. The van der Waals surface area contributed by atoms with Crippen LogP contribution in [-0.2, 0) is 0 Å². The zero-order chi connectivity index (χ0) is 21.2. The SMILES string of the molecule is CCNC(=NCC(O)COc1cccc(C)c1)NCC(c1ccco1)N1CCCC1. The summed E-state index contributed by atoms with van der Waals surface area (Å²) >= 11 is 0. The summed E-state index contributed by atoms with van der Waals surface area (Å²) in [6.07, 6.45) is 3.49. The molecule has 164 valence electrons. The highest BCUT2D eigenvalue weighted by molar-refractivity contribution is 5.79. The summed E-state index contributed by atoms with van der Waals surface area (Å²) < 4.78 is 11.4. The van der Waals surface area contributed by atoms with Gasteiger partial charge in [-0.3, -0.25) is 9.89 Å². The Morgan fingerprint density at radius 2 is 2.07 bits per heavy atom. The van der Waals surface area contributed by atoms with Gasteiger partial charge in [-0.05, 0) is 69.6 Å². The lowest BCUT2D eigenvalue weighted by Gasteiger charge is -2.26. The van der Waals surface area contributed by atoms with Crippen LogP contribution in [0.25, 0.3) is 0 Å². The summed E-state index contributed by atoms with van der Waals surface area (Å²) in [7, 11) is 0. The fourth-order valence-corrected chi connectivity index (χ4v) is 3.63. The van der Waals surface area contributed by atoms with Gasteiger partial charge in [-0.25, -0.2) is 0 Å². The topological polar surface area (TPSA) is 82.3 Å². The molecule has 1 aliphatic heterocycles. The zero-order valence-corrected chi connectivity index (χ0v) is 18.0. The van der Waals surface area contributed by atoms with Crippen molar-refractivity contribution in [2.75, 3.05) is 39.3 Å². The van der Waals surface area contributed by atoms with Crippen molar-refractivity contribution in [3.05, 3.63) is 54.0 Å². The molecule has 2 atom stereocenters. The molecular formula is C23H34N4O3. The van der Waals surface area contributed by atoms with Gasteiger partial charge >= 0.3 is 0 Å². The molecule has 0 amide bonds. The molecule has 0 bridgehead atoms. The summed E-state index contributed by atoms with van der Waals surface area (Å²) in [5.74, 6) is 2.41. The van der Waals surface area contributed by atoms with Gasteiger partial charge in [-0.15, -0.1) is 0 Å². The second kappa shape index (κ2) is 11.6. The fraction of sp³-hybridized carbons (Fsp3) is 0.522. The smallest absolute Gasteiger partial charge is 0.191 e. The maximum absolute atomic E-state index is 10.3. The van der Waals surface area contributed by atoms with E-state index < -0.39 is 6.10 Å². The number of furan rings is 1. The number of nitrogens with zero attached hydrogens (tertiary/aromatic N) is 2. The van der Waals surface area contributed by atoms with Crippen LogP contribution < -0.4 is 15.4 Å². The van der Waals surface area contributed by atoms with Crippen molar-refractivity contribution in [3.8, 4) is 5.75 Å². The van der Waals surface area contributed by atoms with Crippen LogP contribution in [0, 0.1) is 6.92 Å². The molecule has 1 aliphatic rings. The number of benzene rings is 1. The normalized spacial score (nSPS) is 17.0. The average molecular weight is 415 g/mol. The number of hydrogen-bond acceptors (Lipinski definition) is 5. The van der Waals surface area contributed by atoms with Crippen molar-refractivity contribution in [2.45, 2.75) is 38.8 Å². The Hall–Kier alpha value is -2.51. The van der Waals surface area contributed by atoms with Crippen LogP contribution in [0.3, 0.4) is 0 Å². The molecule has 0 spiro atoms. The Kier molecular flexibility index (Phi) is 8.59. The van der Waals surface area contributed by atoms with Crippen LogP contribution in [0.4, 0.5) is 0 Å². The van der Waals surface area contributed by atoms with Crippen LogP contribution in [0.15, 0.2) is 52.1 Å². The first-order valence-corrected chi connectivity index (χ1v) is 10.8. The largest absolute Gasteiger partial charge is 0.491 e. The molecular weight excluding hydrogens is 380 g/mol. The molecule has 0 radical (unpaired) electrons. The van der Waals surface area contributed by atoms with Gasteiger partial charge in [0, 0.05) is 13.1 Å². The van der Waals surface area contributed by atoms with E-state index in [9.17, 15) is 5.11 Å². The van der Waals surface area contributed by atoms with Crippen molar-refractivity contribution >= 4 is 5.96 Å². The van der Waals surface area contributed by atoms with Gasteiger partial charge in [0.15, 0.2) is 5.96 Å². The molecule has 3 N–H and O–H groups in total. The first kappa shape index (κ1) is 22.2. The van der Waals surface area contributed by atoms with E-state index in [4.69, 9.17) is 9.15 Å². The van der Waals surface area contributed by atoms with Crippen LogP contribution in [0.5, 0.6) is 5.75 Å². The van der Waals surface area contributed by atoms with Crippen LogP contribution in [0.2, 0.25) is 0 Å². The van der Waals surface area contributed by atoms with Gasteiger partial charge in [-0.2, -0.15) is 0 Å². The van der Waals surface area contributed by atoms with Gasteiger partial charge in [0.1, 0.15) is 24.2 Å². The number of rotatable bonds is 10. The van der Waals surface area contributed by atoms with E-state index in [1.165, 1.54) is 12.8 Å². The lowest BCUT2D eigenvalue weighted by atomic mass is 10.2. The highest BCUT2D eigenvalue weighted by Gasteiger charge is 2.25. The van der Waals surface area contributed by atoms with Gasteiger partial charge in [0.25, 0.3) is 0 Å². The minimum atomic E-state index is -0.680. The minimum absolute atomic E-state index is 0.168. The predicted octanol–water partition coefficient (Wildman–Crippen LogP) is 2.72. The van der Waals surface area contributed by atoms with E-state index in [1.54, 1.807) is 6.26 Å². The van der Waals surface area contributed by atoms with Crippen LogP contribution in [-0.4, -0.2) is 61.4 Å². The number of nitrogens with one attached hydrogen (secondary N) is 2. The molecule has 3 rings (SSSR count). The standard InChI is InChI=1S/C23H34N4O3/c1-3-24-23(25-15-19(28)17-30-20-9-6-8-18(2)14-20)26-16-21(22-10-7-13-29-22)27-11-4-5-12-27/h6-10,13-14,19,21,28H,3-5,11-12,15-17H2,1-2H3,(H2,24,25,26). The summed E-state index contributed by atoms with van der Waals surface area (Å²) in [5, 5.41) is 16.9. The number of guanidine groups is 1. The Balaban J connectivity index is 1.52. The Bertz CT molecular complexity index is 773. The predicted molar refractivity (Wildman–Crippen MR) is 119 cm³/mol. The van der Waals surface area contributed by atoms with Crippen LogP contribution >= 0.6 is 0 Å². The van der Waals surface area contributed by atoms with E-state index in [1.807, 2.05) is 50.2 Å². The molecule has 0 aliphatic carbocycles. The molecule has 7 heteroatoms. The molecule has 30 heavy (non-hydrogen) atoms. The van der Waals surface area contributed by atoms with Gasteiger partial charge in [0.05, 0.1) is 18.8 Å². The lowest BCUT2D eigenvalue weighted by molar-refractivity contribution is 0.114. The van der Waals surface area contributed by atoms with Crippen molar-refractivity contribution in [1.82, 2.24) is 15.5 Å². The number of hydrogen-bond donors (Lipinski definition) is 3. The average Bonchev–Trinajstić information content (AvgIpc) is 3.45. The molecule has 2 heterocycles. The number of likely N-dealkylation sites (tertiary alicyclic amines) is 1. The van der Waals surface area contributed by atoms with E-state index in [2.05, 4.69) is 20.5 Å². The maximum Gasteiger partial charge on any atom is 0.191 e. The quantitative estimate of drug-likeness (QED) is 0.410. The minimum Gasteiger partial charge on any atom is -0.491 e. The van der Waals surface area contributed by atoms with E-state index in [0.717, 1.165) is 36.7 Å². The number of ether oxygens (including phenoxy) is 1. The van der Waals surface area contributed by atoms with Gasteiger partial charge in [-0.1, -0.05) is 12.1 Å². The summed E-state index contributed by atoms with van der Waals surface area (Å²) in [5.41, 5.74) is 1.13. The lowest BCUT2D eigenvalue weighted by Crippen LogP contribution is -2.43. The number of aliphatic imine (C=N–C) groups is 1. The fourth-order valence-electron chi connectivity index (χ4n) is 3.63. The number of aliphatic hydroxyl groups is 1. The molecule has 1 fully saturated rings. The molecule has 1 saturated heterocycles. The van der Waals surface area contributed by atoms with E-state index in [0.29, 0.717) is 12.5 Å². The summed E-state index contributed by atoms with van der Waals surface area (Å²) in [6.45, 7) is 8.10. The number of aryl methyl sites for hydroxylation is 1. The maximum atomic E-state index is 10.3. The van der Waals surface area contributed by atoms with Gasteiger partial charge < -0.3 is 24.9 Å². The molecule has 1 aromatic carbocycles. The second-order valence-electron chi connectivity index (χ2n) is 7.66. The monoisotopic (exact) mass is 414 g/mol. The van der Waals surface area contributed by atoms with Gasteiger partial charge in [0.2, 0.25) is 0 Å². The summed E-state index contributed by atoms with van der Waals surface area (Å²) in [4.78, 5) is 6.98. The Morgan fingerprint density at radius 3 is 2.77 bits per heavy atom. The molecule has 7 nitrogen and oxygen atoms in total. The first-order chi connectivity index (χ1) is 14.7. The van der Waals surface area contributed by atoms with E-state index in [-0.39, 0.29) is 19.2 Å². The second-order valence-corrected chi connectivity index (χ2v) is 7.66. The van der Waals surface area contributed by atoms with Crippen molar-refractivity contribution in [1.29, 1.82) is 0 Å². The van der Waals surface area contributed by atoms with Crippen LogP contribution in [0.1, 0.15) is 37.1 Å². The Labute approximate surface area is 179 Å². The molecule has 1 aromatic heterocycles. The highest BCUT2D eigenvalue weighted by atomic mass is 16.5. The van der Waals surface area contributed by atoms with E-state index >= 15 is 0 Å². The third kappa shape index (κ3) is 6.78.